The van der Waals surface area contributed by atoms with E-state index in [2.05, 4.69) is 5.32 Å². The summed E-state index contributed by atoms with van der Waals surface area (Å²) in [5.74, 6) is -3.21. The van der Waals surface area contributed by atoms with Gasteiger partial charge in [-0.1, -0.05) is 20.8 Å². The van der Waals surface area contributed by atoms with Crippen LogP contribution in [0.1, 0.15) is 65.7 Å². The van der Waals surface area contributed by atoms with Crippen molar-refractivity contribution in [3.8, 4) is 0 Å². The third-order valence-electron chi connectivity index (χ3n) is 5.29. The number of aldehydes is 1. The number of Topliss-reactive ketones (excluding diaryl/α,β-unsaturated/α-hetero) is 1. The van der Waals surface area contributed by atoms with E-state index in [4.69, 9.17) is 4.84 Å². The maximum Gasteiger partial charge on any atom is 0.336 e. The van der Waals surface area contributed by atoms with E-state index in [1.54, 1.807) is 18.7 Å². The van der Waals surface area contributed by atoms with Crippen LogP contribution in [0, 0.1) is 17.8 Å². The highest BCUT2D eigenvalue weighted by Gasteiger charge is 2.36. The number of rotatable bonds is 15. The lowest BCUT2D eigenvalue weighted by Gasteiger charge is -2.24. The summed E-state index contributed by atoms with van der Waals surface area (Å²) in [4.78, 5) is 77.5. The van der Waals surface area contributed by atoms with Crippen LogP contribution < -0.4 is 5.32 Å². The van der Waals surface area contributed by atoms with E-state index in [-0.39, 0.29) is 49.7 Å². The third-order valence-corrected chi connectivity index (χ3v) is 5.94. The highest BCUT2D eigenvalue weighted by Crippen LogP contribution is 2.20. The molecular weight excluding hydrogens is 436 g/mol. The number of ketones is 1. The van der Waals surface area contributed by atoms with Crippen LogP contribution in [0.5, 0.6) is 0 Å². The van der Waals surface area contributed by atoms with Crippen molar-refractivity contribution in [2.75, 3.05) is 12.0 Å². The van der Waals surface area contributed by atoms with Crippen LogP contribution in [0.2, 0.25) is 0 Å². The topological polar surface area (TPSA) is 127 Å². The Kier molecular flexibility index (Phi) is 12.2. The minimum Gasteiger partial charge on any atom is -0.346 e. The largest absolute Gasteiger partial charge is 0.346 e. The number of imide groups is 1. The fourth-order valence-electron chi connectivity index (χ4n) is 3.37. The molecule has 1 aliphatic rings. The molecule has 1 fully saturated rings. The Labute approximate surface area is 193 Å². The standard InChI is InChI=1S/C22H34N2O7S/c1-5-15(22(30)31-24-19(27)6-7-20(24)28)13-18(26)17(12-14(2)3)23-21(29)16(8-10-25)9-11-32-4/h10,14-17H,5-9,11-13H2,1-4H3,(H,23,29)/t15-,16+,17+/m1/s1. The molecule has 3 atom stereocenters. The van der Waals surface area contributed by atoms with Crippen LogP contribution in [0.15, 0.2) is 0 Å². The number of hydrogen-bond acceptors (Lipinski definition) is 8. The van der Waals surface area contributed by atoms with Crippen molar-refractivity contribution in [3.05, 3.63) is 0 Å². The molecule has 32 heavy (non-hydrogen) atoms. The van der Waals surface area contributed by atoms with E-state index in [1.165, 1.54) is 0 Å². The molecule has 0 aromatic rings. The van der Waals surface area contributed by atoms with Gasteiger partial charge in [-0.05, 0) is 37.2 Å². The smallest absolute Gasteiger partial charge is 0.336 e. The highest BCUT2D eigenvalue weighted by atomic mass is 32.2. The summed E-state index contributed by atoms with van der Waals surface area (Å²) in [6, 6.07) is -0.803. The lowest BCUT2D eigenvalue weighted by Crippen LogP contribution is -2.45. The molecule has 0 aromatic carbocycles. The average Bonchev–Trinajstić information content (AvgIpc) is 3.05. The van der Waals surface area contributed by atoms with E-state index in [9.17, 15) is 28.8 Å². The van der Waals surface area contributed by atoms with Gasteiger partial charge in [-0.15, -0.1) is 5.06 Å². The van der Waals surface area contributed by atoms with E-state index in [1.807, 2.05) is 20.1 Å². The molecule has 1 heterocycles. The maximum atomic E-state index is 13.0. The zero-order valence-corrected chi connectivity index (χ0v) is 20.1. The molecule has 0 aliphatic carbocycles. The van der Waals surface area contributed by atoms with Crippen LogP contribution in [0.25, 0.3) is 0 Å². The van der Waals surface area contributed by atoms with Gasteiger partial charge in [0.15, 0.2) is 5.78 Å². The molecule has 1 aliphatic heterocycles. The lowest BCUT2D eigenvalue weighted by molar-refractivity contribution is -0.200. The van der Waals surface area contributed by atoms with Crippen LogP contribution in [0.4, 0.5) is 0 Å². The molecule has 1 rings (SSSR count). The zero-order valence-electron chi connectivity index (χ0n) is 19.3. The van der Waals surface area contributed by atoms with Gasteiger partial charge in [0.05, 0.1) is 12.0 Å². The van der Waals surface area contributed by atoms with Gasteiger partial charge in [-0.2, -0.15) is 11.8 Å². The molecule has 0 bridgehead atoms. The van der Waals surface area contributed by atoms with Gasteiger partial charge in [-0.3, -0.25) is 19.2 Å². The minimum atomic E-state index is -0.850. The number of hydroxylamine groups is 2. The van der Waals surface area contributed by atoms with Crippen molar-refractivity contribution in [1.29, 1.82) is 0 Å². The molecule has 180 valence electrons. The SMILES string of the molecule is CC[C@H](CC(=O)[C@H](CC(C)C)NC(=O)[C@@H](CC=O)CCSC)C(=O)ON1C(=O)CCC1=O. The number of carbonyl (C=O) groups is 6. The number of amides is 3. The summed E-state index contributed by atoms with van der Waals surface area (Å²) in [6.07, 6.45) is 3.66. The predicted octanol–water partition coefficient (Wildman–Crippen LogP) is 2.07. The zero-order chi connectivity index (χ0) is 24.3. The summed E-state index contributed by atoms with van der Waals surface area (Å²) >= 11 is 1.57. The molecule has 0 unspecified atom stereocenters. The number of nitrogens with zero attached hydrogens (tertiary/aromatic N) is 1. The Bertz CT molecular complexity index is 694. The van der Waals surface area contributed by atoms with Gasteiger partial charge >= 0.3 is 5.97 Å². The molecule has 0 radical (unpaired) electrons. The van der Waals surface area contributed by atoms with Crippen molar-refractivity contribution in [2.24, 2.45) is 17.8 Å². The first-order valence-electron chi connectivity index (χ1n) is 11.0. The second kappa shape index (κ2) is 14.0. The highest BCUT2D eigenvalue weighted by molar-refractivity contribution is 7.98. The van der Waals surface area contributed by atoms with Gasteiger partial charge < -0.3 is 14.9 Å². The summed E-state index contributed by atoms with van der Waals surface area (Å²) in [6.45, 7) is 5.53. The van der Waals surface area contributed by atoms with Gasteiger partial charge in [0.1, 0.15) is 6.29 Å². The van der Waals surface area contributed by atoms with E-state index >= 15 is 0 Å². The quantitative estimate of drug-likeness (QED) is 0.285. The Morgan fingerprint density at radius 1 is 1.16 bits per heavy atom. The number of thioether (sulfide) groups is 1. The minimum absolute atomic E-state index is 0.0111. The summed E-state index contributed by atoms with van der Waals surface area (Å²) in [7, 11) is 0. The van der Waals surface area contributed by atoms with Crippen molar-refractivity contribution in [3.63, 3.8) is 0 Å². The van der Waals surface area contributed by atoms with E-state index in [0.717, 1.165) is 0 Å². The molecular formula is C22H34N2O7S. The van der Waals surface area contributed by atoms with Gasteiger partial charge in [-0.25, -0.2) is 4.79 Å². The first-order chi connectivity index (χ1) is 15.1. The molecule has 0 spiro atoms. The fraction of sp³-hybridized carbons (Fsp3) is 0.727. The Morgan fingerprint density at radius 2 is 1.78 bits per heavy atom. The molecule has 9 nitrogen and oxygen atoms in total. The third kappa shape index (κ3) is 8.72. The summed E-state index contributed by atoms with van der Waals surface area (Å²) in [5, 5.41) is 3.24. The first kappa shape index (κ1) is 27.8. The van der Waals surface area contributed by atoms with E-state index in [0.29, 0.717) is 29.9 Å². The molecule has 3 amide bonds. The average molecular weight is 471 g/mol. The Balaban J connectivity index is 2.84. The molecule has 0 saturated carbocycles. The van der Waals surface area contributed by atoms with Gasteiger partial charge in [0, 0.05) is 31.6 Å². The van der Waals surface area contributed by atoms with Crippen molar-refractivity contribution < 1.29 is 33.6 Å². The number of hydrogen-bond donors (Lipinski definition) is 1. The fourth-order valence-corrected chi connectivity index (χ4v) is 3.89. The molecule has 0 aromatic heterocycles. The lowest BCUT2D eigenvalue weighted by atomic mass is 9.91. The molecule has 10 heteroatoms. The second-order valence-corrected chi connectivity index (χ2v) is 9.32. The number of nitrogens with one attached hydrogen (secondary N) is 1. The predicted molar refractivity (Wildman–Crippen MR) is 119 cm³/mol. The first-order valence-corrected chi connectivity index (χ1v) is 12.4. The molecule has 1 saturated heterocycles. The Hall–Kier alpha value is -2.23. The summed E-state index contributed by atoms with van der Waals surface area (Å²) in [5.41, 5.74) is 0. The maximum absolute atomic E-state index is 13.0. The second-order valence-electron chi connectivity index (χ2n) is 8.34. The van der Waals surface area contributed by atoms with E-state index < -0.39 is 35.7 Å². The monoisotopic (exact) mass is 470 g/mol. The van der Waals surface area contributed by atoms with Crippen molar-refractivity contribution in [2.45, 2.75) is 71.8 Å². The van der Waals surface area contributed by atoms with Gasteiger partial charge in [0.25, 0.3) is 11.8 Å². The Morgan fingerprint density at radius 3 is 2.28 bits per heavy atom. The van der Waals surface area contributed by atoms with Crippen LogP contribution in [-0.4, -0.2) is 58.9 Å². The van der Waals surface area contributed by atoms with Crippen LogP contribution >= 0.6 is 11.8 Å². The number of carbonyl (C=O) groups excluding carboxylic acids is 6. The van der Waals surface area contributed by atoms with Crippen LogP contribution in [-0.2, 0) is 33.6 Å². The molecule has 1 N–H and O–H groups in total. The normalized spacial score (nSPS) is 16.6. The van der Waals surface area contributed by atoms with Crippen molar-refractivity contribution in [1.82, 2.24) is 10.4 Å². The summed E-state index contributed by atoms with van der Waals surface area (Å²) < 4.78 is 0. The van der Waals surface area contributed by atoms with Gasteiger partial charge in [0.2, 0.25) is 5.91 Å². The van der Waals surface area contributed by atoms with Crippen molar-refractivity contribution >= 4 is 47.5 Å². The van der Waals surface area contributed by atoms with Crippen LogP contribution in [0.3, 0.4) is 0 Å².